The molecule has 0 bridgehead atoms. The van der Waals surface area contributed by atoms with Crippen molar-refractivity contribution in [2.45, 2.75) is 70.8 Å². The zero-order valence-electron chi connectivity index (χ0n) is 15.3. The molecular formula is C19H27NO5. The molecule has 0 spiro atoms. The summed E-state index contributed by atoms with van der Waals surface area (Å²) in [7, 11) is 0. The van der Waals surface area contributed by atoms with E-state index < -0.39 is 29.3 Å². The summed E-state index contributed by atoms with van der Waals surface area (Å²) in [5, 5.41) is 13.0. The zero-order valence-corrected chi connectivity index (χ0v) is 15.3. The van der Waals surface area contributed by atoms with E-state index in [-0.39, 0.29) is 6.61 Å². The average molecular weight is 349 g/mol. The molecule has 6 nitrogen and oxygen atoms in total. The molecule has 0 heterocycles. The number of alkyl carbamates (subject to hydrolysis) is 1. The summed E-state index contributed by atoms with van der Waals surface area (Å²) >= 11 is 0. The van der Waals surface area contributed by atoms with Crippen molar-refractivity contribution in [3.8, 4) is 0 Å². The van der Waals surface area contributed by atoms with Gasteiger partial charge in [0.05, 0.1) is 5.60 Å². The van der Waals surface area contributed by atoms with E-state index in [0.29, 0.717) is 12.8 Å². The van der Waals surface area contributed by atoms with E-state index in [1.807, 2.05) is 31.2 Å². The van der Waals surface area contributed by atoms with Gasteiger partial charge in [0.15, 0.2) is 6.04 Å². The Morgan fingerprint density at radius 3 is 2.52 bits per heavy atom. The van der Waals surface area contributed by atoms with Crippen molar-refractivity contribution < 1.29 is 24.2 Å². The number of aryl methyl sites for hydroxylation is 1. The number of nitrogens with one attached hydrogen (secondary N) is 1. The molecule has 0 aliphatic heterocycles. The summed E-state index contributed by atoms with van der Waals surface area (Å²) in [6, 6.07) is 6.47. The molecule has 1 fully saturated rings. The van der Waals surface area contributed by atoms with E-state index in [1.165, 1.54) is 0 Å². The molecule has 1 aromatic rings. The van der Waals surface area contributed by atoms with Gasteiger partial charge in [-0.2, -0.15) is 0 Å². The minimum atomic E-state index is -1.28. The highest BCUT2D eigenvalue weighted by molar-refractivity contribution is 5.83. The minimum Gasteiger partial charge on any atom is -0.459 e. The molecule has 1 aliphatic rings. The van der Waals surface area contributed by atoms with Crippen LogP contribution in [-0.4, -0.2) is 34.4 Å². The molecule has 1 amide bonds. The van der Waals surface area contributed by atoms with Crippen molar-refractivity contribution in [1.82, 2.24) is 5.32 Å². The molecule has 1 aliphatic carbocycles. The second-order valence-electron chi connectivity index (χ2n) is 7.63. The lowest BCUT2D eigenvalue weighted by Crippen LogP contribution is -2.61. The average Bonchev–Trinajstić information content (AvgIpc) is 2.46. The fourth-order valence-corrected chi connectivity index (χ4v) is 2.71. The molecule has 1 aromatic carbocycles. The normalized spacial score (nSPS) is 17.2. The van der Waals surface area contributed by atoms with Gasteiger partial charge in [0.25, 0.3) is 0 Å². The van der Waals surface area contributed by atoms with Crippen molar-refractivity contribution in [2.24, 2.45) is 0 Å². The number of amides is 1. The van der Waals surface area contributed by atoms with Crippen molar-refractivity contribution in [1.29, 1.82) is 0 Å². The minimum absolute atomic E-state index is 0.0864. The smallest absolute Gasteiger partial charge is 0.408 e. The summed E-state index contributed by atoms with van der Waals surface area (Å²) in [6.45, 7) is 7.24. The number of carbonyl (C=O) groups excluding carboxylic acids is 2. The van der Waals surface area contributed by atoms with Crippen LogP contribution in [0.4, 0.5) is 4.79 Å². The second kappa shape index (κ2) is 7.44. The first-order chi connectivity index (χ1) is 11.6. The van der Waals surface area contributed by atoms with Gasteiger partial charge in [0, 0.05) is 0 Å². The quantitative estimate of drug-likeness (QED) is 0.799. The van der Waals surface area contributed by atoms with Crippen LogP contribution in [0, 0.1) is 6.92 Å². The van der Waals surface area contributed by atoms with Gasteiger partial charge in [-0.15, -0.1) is 0 Å². The number of carbonyl (C=O) groups is 2. The van der Waals surface area contributed by atoms with Crippen LogP contribution < -0.4 is 5.32 Å². The topological polar surface area (TPSA) is 84.9 Å². The van der Waals surface area contributed by atoms with Crippen molar-refractivity contribution in [2.75, 3.05) is 0 Å². The maximum Gasteiger partial charge on any atom is 0.408 e. The molecule has 0 radical (unpaired) electrons. The van der Waals surface area contributed by atoms with Gasteiger partial charge < -0.3 is 19.9 Å². The van der Waals surface area contributed by atoms with E-state index >= 15 is 0 Å². The summed E-state index contributed by atoms with van der Waals surface area (Å²) in [5.74, 6) is -0.658. The van der Waals surface area contributed by atoms with Gasteiger partial charge in [-0.1, -0.05) is 29.8 Å². The van der Waals surface area contributed by atoms with Gasteiger partial charge in [-0.05, 0) is 52.5 Å². The first-order valence-electron chi connectivity index (χ1n) is 8.53. The Kier molecular flexibility index (Phi) is 5.72. The molecule has 25 heavy (non-hydrogen) atoms. The Balaban J connectivity index is 2.02. The van der Waals surface area contributed by atoms with Crippen molar-refractivity contribution >= 4 is 12.1 Å². The predicted octanol–water partition coefficient (Wildman–Crippen LogP) is 2.85. The lowest BCUT2D eigenvalue weighted by Gasteiger charge is -2.41. The number of benzene rings is 1. The Morgan fingerprint density at radius 1 is 1.32 bits per heavy atom. The predicted molar refractivity (Wildman–Crippen MR) is 92.9 cm³/mol. The van der Waals surface area contributed by atoms with Gasteiger partial charge in [0.1, 0.15) is 12.2 Å². The monoisotopic (exact) mass is 349 g/mol. The fourth-order valence-electron chi connectivity index (χ4n) is 2.71. The highest BCUT2D eigenvalue weighted by atomic mass is 16.6. The van der Waals surface area contributed by atoms with Gasteiger partial charge in [-0.3, -0.25) is 0 Å². The fraction of sp³-hybridized carbons (Fsp3) is 0.579. The lowest BCUT2D eigenvalue weighted by atomic mass is 9.74. The number of rotatable bonds is 5. The van der Waals surface area contributed by atoms with Crippen LogP contribution in [0.5, 0.6) is 0 Å². The van der Waals surface area contributed by atoms with Gasteiger partial charge >= 0.3 is 12.1 Å². The largest absolute Gasteiger partial charge is 0.459 e. The maximum atomic E-state index is 12.5. The molecule has 6 heteroatoms. The standard InChI is InChI=1S/C19H27NO5/c1-13-7-5-8-14(11-13)12-24-16(21)15(19(23)9-6-10-19)20-17(22)25-18(2,3)4/h5,7-8,11,15,23H,6,9-10,12H2,1-4H3,(H,20,22). The Morgan fingerprint density at radius 2 is 2.00 bits per heavy atom. The third kappa shape index (κ3) is 5.46. The molecule has 138 valence electrons. The second-order valence-corrected chi connectivity index (χ2v) is 7.63. The number of hydrogen-bond donors (Lipinski definition) is 2. The first-order valence-corrected chi connectivity index (χ1v) is 8.53. The molecule has 1 unspecified atom stereocenters. The van der Waals surface area contributed by atoms with Crippen LogP contribution in [0.3, 0.4) is 0 Å². The zero-order chi connectivity index (χ0) is 18.7. The highest BCUT2D eigenvalue weighted by Gasteiger charge is 2.48. The number of hydrogen-bond acceptors (Lipinski definition) is 5. The number of ether oxygens (including phenoxy) is 2. The van der Waals surface area contributed by atoms with Gasteiger partial charge in [0.2, 0.25) is 0 Å². The molecule has 0 saturated heterocycles. The van der Waals surface area contributed by atoms with Crippen LogP contribution in [0.25, 0.3) is 0 Å². The van der Waals surface area contributed by atoms with E-state index in [4.69, 9.17) is 9.47 Å². The molecule has 2 rings (SSSR count). The third-order valence-corrected chi connectivity index (χ3v) is 4.12. The van der Waals surface area contributed by atoms with E-state index in [0.717, 1.165) is 17.5 Å². The molecule has 0 aromatic heterocycles. The van der Waals surface area contributed by atoms with Gasteiger partial charge in [-0.25, -0.2) is 9.59 Å². The van der Waals surface area contributed by atoms with E-state index in [2.05, 4.69) is 5.32 Å². The Bertz CT molecular complexity index is 631. The van der Waals surface area contributed by atoms with E-state index in [9.17, 15) is 14.7 Å². The van der Waals surface area contributed by atoms with Crippen molar-refractivity contribution in [3.05, 3.63) is 35.4 Å². The highest BCUT2D eigenvalue weighted by Crippen LogP contribution is 2.35. The summed E-state index contributed by atoms with van der Waals surface area (Å²) in [5.41, 5.74) is -0.0531. The maximum absolute atomic E-state index is 12.5. The number of esters is 1. The third-order valence-electron chi connectivity index (χ3n) is 4.12. The van der Waals surface area contributed by atoms with Crippen LogP contribution in [-0.2, 0) is 20.9 Å². The molecule has 1 saturated carbocycles. The summed E-state index contributed by atoms with van der Waals surface area (Å²) in [4.78, 5) is 24.5. The lowest BCUT2D eigenvalue weighted by molar-refractivity contribution is -0.160. The molecule has 2 N–H and O–H groups in total. The van der Waals surface area contributed by atoms with E-state index in [1.54, 1.807) is 20.8 Å². The van der Waals surface area contributed by atoms with Crippen LogP contribution in [0.2, 0.25) is 0 Å². The summed E-state index contributed by atoms with van der Waals surface area (Å²) < 4.78 is 10.5. The number of aliphatic hydroxyl groups is 1. The molecular weight excluding hydrogens is 322 g/mol. The summed E-state index contributed by atoms with van der Waals surface area (Å²) in [6.07, 6.45) is 0.930. The van der Waals surface area contributed by atoms with Crippen molar-refractivity contribution in [3.63, 3.8) is 0 Å². The van der Waals surface area contributed by atoms with Crippen LogP contribution >= 0.6 is 0 Å². The molecule has 1 atom stereocenters. The van der Waals surface area contributed by atoms with Crippen LogP contribution in [0.15, 0.2) is 24.3 Å². The Hall–Kier alpha value is -2.08. The van der Waals surface area contributed by atoms with Crippen LogP contribution in [0.1, 0.15) is 51.2 Å². The SMILES string of the molecule is Cc1cccc(COC(=O)C(NC(=O)OC(C)(C)C)C2(O)CCC2)c1. The Labute approximate surface area is 148 Å². The first kappa shape index (κ1) is 19.2.